The Hall–Kier alpha value is -3.25. The number of amides is 1. The third-order valence-corrected chi connectivity index (χ3v) is 33.4. The van der Waals surface area contributed by atoms with Crippen molar-refractivity contribution in [2.45, 2.75) is 416 Å². The Balaban J connectivity index is 0.727. The number of nitrogens with one attached hydrogen (secondary N) is 1. The van der Waals surface area contributed by atoms with Crippen LogP contribution >= 0.6 is 0 Å². The first kappa shape index (κ1) is 109. The van der Waals surface area contributed by atoms with Crippen LogP contribution in [-0.2, 0) is 99.6 Å². The predicted octanol–water partition coefficient (Wildman–Crippen LogP) is -6.08. The van der Waals surface area contributed by atoms with Gasteiger partial charge in [-0.1, -0.05) is 98.1 Å². The van der Waals surface area contributed by atoms with E-state index in [1.54, 1.807) is 6.92 Å². The maximum absolute atomic E-state index is 16.7. The molecule has 0 aromatic heterocycles. The zero-order chi connectivity index (χ0) is 99.5. The molecular weight excluding hydrogens is 1820 g/mol. The van der Waals surface area contributed by atoms with Crippen molar-refractivity contribution in [3.63, 3.8) is 0 Å². The molecule has 17 unspecified atom stereocenters. The molecule has 1 amide bonds. The first-order valence-corrected chi connectivity index (χ1v) is 48.7. The third-order valence-electron chi connectivity index (χ3n) is 33.4. The van der Waals surface area contributed by atoms with Gasteiger partial charge < -0.3 is 213 Å². The summed E-state index contributed by atoms with van der Waals surface area (Å²) in [5, 5.41) is 259. The molecule has 45 nitrogen and oxygen atoms in total. The van der Waals surface area contributed by atoms with E-state index in [-0.39, 0.29) is 51.4 Å². The Labute approximate surface area is 794 Å². The van der Waals surface area contributed by atoms with Crippen LogP contribution in [0, 0.1) is 62.8 Å². The van der Waals surface area contributed by atoms with Crippen LogP contribution in [0.5, 0.6) is 0 Å². The van der Waals surface area contributed by atoms with Crippen molar-refractivity contribution in [3.05, 3.63) is 18.3 Å². The lowest BCUT2D eigenvalue weighted by molar-refractivity contribution is -0.386. The van der Waals surface area contributed by atoms with Crippen molar-refractivity contribution in [2.75, 3.05) is 66.1 Å². The number of rotatable bonds is 36. The summed E-state index contributed by atoms with van der Waals surface area (Å²) < 4.78 is 110. The maximum Gasteiger partial charge on any atom is 0.317 e. The molecule has 45 heteroatoms. The van der Waals surface area contributed by atoms with Gasteiger partial charge in [-0.2, -0.15) is 0 Å². The van der Waals surface area contributed by atoms with E-state index in [4.69, 9.17) is 85.3 Å². The fourth-order valence-electron chi connectivity index (χ4n) is 24.8. The Morgan fingerprint density at radius 2 is 1.06 bits per heavy atom. The average Bonchev–Trinajstić information content (AvgIpc) is 0.737. The molecule has 9 aliphatic heterocycles. The topological polar surface area (TPSA) is 695 Å². The fraction of sp³-hybridized carbons (Fsp3) is 0.935. The molecule has 48 atom stereocenters. The molecule has 9 saturated heterocycles. The largest absolute Gasteiger partial charge is 0.432 e. The van der Waals surface area contributed by atoms with Crippen LogP contribution in [0.4, 0.5) is 0 Å². The lowest BCUT2D eigenvalue weighted by Crippen LogP contribution is -2.71. The molecule has 0 aromatic carbocycles. The Morgan fingerprint density at radius 1 is 0.489 bits per heavy atom. The number of hydrogen-bond donors (Lipinski definition) is 24. The first-order valence-electron chi connectivity index (χ1n) is 48.7. The van der Waals surface area contributed by atoms with E-state index < -0.39 is 347 Å². The van der Waals surface area contributed by atoms with Gasteiger partial charge in [-0.05, 0) is 124 Å². The predicted molar refractivity (Wildman–Crippen MR) is 458 cm³/mol. The van der Waals surface area contributed by atoms with Crippen LogP contribution in [0.3, 0.4) is 0 Å². The van der Waals surface area contributed by atoms with Gasteiger partial charge in [0.25, 0.3) is 0 Å². The molecule has 14 rings (SSSR count). The molecule has 24 N–H and O–H groups in total. The van der Waals surface area contributed by atoms with Crippen molar-refractivity contribution in [1.29, 1.82) is 0 Å². The summed E-state index contributed by atoms with van der Waals surface area (Å²) in [5.41, 5.74) is -7.41. The SMILES string of the molecule is CC1O[C@H](O[C@@H]2C(O[C@@H]3OC(C)[C@H](O)[C@@H](O)C3O)[C@H](NC(=O)CCCCCCCCCCCOC3(O)CO[C@@H](CO)[C@H]3CO)C(CO)O[C@@H]2OC(=O)[C@]23CCC(C)(C)CC2C2=CCC4C5(C)CC[C@H](O[C@@H]6O[CH][C@H](O)[C@H](O[C@@H]7OC[C@H](O)[C@H](O)C7O)C6O[C@@H]6OC(CO)[C@H](O)[C@H](O)C6O)[C@](C)(C=O)[C@@H]5CC[C@]4(C)[C@]2(C)CC3O)[C@@H](O)C(O)[C@@H]1O[C@H]1OC[C@@H](O)C(O[C@H]2OC[C@@](O)(CO)C2O)[C@H]1O. The lowest BCUT2D eigenvalue weighted by atomic mass is 9.33. The van der Waals surface area contributed by atoms with Crippen molar-refractivity contribution in [1.82, 2.24) is 5.32 Å². The van der Waals surface area contributed by atoms with Crippen LogP contribution in [0.2, 0.25) is 0 Å². The number of unbranched alkanes of at least 4 members (excludes halogenated alkanes) is 8. The number of fused-ring (bicyclic) bond motifs is 7. The number of hydrogen-bond acceptors (Lipinski definition) is 44. The molecule has 4 saturated carbocycles. The van der Waals surface area contributed by atoms with Gasteiger partial charge in [-0.25, -0.2) is 0 Å². The molecule has 9 heterocycles. The van der Waals surface area contributed by atoms with Gasteiger partial charge in [0.15, 0.2) is 55.9 Å². The highest BCUT2D eigenvalue weighted by atomic mass is 16.8. The van der Waals surface area contributed by atoms with E-state index in [1.165, 1.54) is 13.8 Å². The highest BCUT2D eigenvalue weighted by Crippen LogP contribution is 2.76. The molecule has 787 valence electrons. The van der Waals surface area contributed by atoms with E-state index >= 15 is 4.79 Å². The Bertz CT molecular complexity index is 3960. The van der Waals surface area contributed by atoms with Crippen molar-refractivity contribution < 1.29 is 217 Å². The lowest BCUT2D eigenvalue weighted by Gasteiger charge is -2.71. The normalized spacial score (nSPS) is 50.5. The quantitative estimate of drug-likeness (QED) is 0.00693. The summed E-state index contributed by atoms with van der Waals surface area (Å²) >= 11 is 0. The van der Waals surface area contributed by atoms with Gasteiger partial charge in [0.05, 0.1) is 107 Å². The monoisotopic (exact) mass is 1970 g/mol. The first-order chi connectivity index (χ1) is 64.8. The zero-order valence-electron chi connectivity index (χ0n) is 78.8. The molecule has 0 aromatic rings. The molecule has 137 heavy (non-hydrogen) atoms. The number of esters is 1. The molecule has 13 fully saturated rings. The maximum atomic E-state index is 16.7. The van der Waals surface area contributed by atoms with E-state index in [9.17, 15) is 127 Å². The number of ether oxygens (including phenoxy) is 18. The zero-order valence-corrected chi connectivity index (χ0v) is 78.8. The highest BCUT2D eigenvalue weighted by Gasteiger charge is 2.74. The summed E-state index contributed by atoms with van der Waals surface area (Å²) in [6, 6.07) is -1.62. The second-order valence-electron chi connectivity index (χ2n) is 42.5. The van der Waals surface area contributed by atoms with Gasteiger partial charge in [-0.3, -0.25) is 9.59 Å². The second kappa shape index (κ2) is 44.4. The van der Waals surface area contributed by atoms with Crippen molar-refractivity contribution >= 4 is 18.2 Å². The van der Waals surface area contributed by atoms with Gasteiger partial charge in [0.2, 0.25) is 12.2 Å². The molecule has 0 spiro atoms. The average molecular weight is 1970 g/mol. The standard InChI is InChI=1S/C92H150NO44/c1-41-58(105)61(108)65(112)78(126-41)134-72-57(93-56(104)18-16-14-12-10-9-11-13-15-17-27-125-92(119)40-123-49(31-95)45(92)30-94)50(32-96)128-82(74(72)136-79-67(114)63(110)69(42(2)127-79)131-77-68(115)70(47(101)35-121-77)132-83-75(116)90(118,38-99)39-124-83)137-84(117)91-26-25-85(3,4)28-44(91)43-19-20-53-86(5)23-22-55(87(6,37-98)52(86)21-24-88(53,7)89(43,8)29-54(91)103)130-81-73(135-80-66(113)62(109)60(107)51(33-97)129-80)71(48(102)36-122-81)133-76-64(111)59(106)46(100)34-120-76/h19,36-37,41-42,44-55,57-83,94-97,99-103,105-116,118-119H,9-18,20-35,38-40H2,1-8H3,(H,93,104)/t41?,42?,44?,45-,46+,47-,48+,49+,50?,51?,52-,53?,54?,55+,57-,58+,59+,60+,61-,62+,63?,64?,65?,66?,67+,68-,69-,70?,71+,72?,73?,74-,75?,76+,77-,78+,79-,80+,81+,82-,83-,86?,87-,88+,89-,90+,91-,92?/m1/s1. The number of aldehydes is 1. The minimum absolute atomic E-state index is 0.00882. The highest BCUT2D eigenvalue weighted by molar-refractivity contribution is 5.80. The van der Waals surface area contributed by atoms with Crippen LogP contribution in [-0.4, -0.2) is 440 Å². The van der Waals surface area contributed by atoms with Gasteiger partial charge >= 0.3 is 5.97 Å². The number of aliphatic hydroxyl groups is 23. The number of aliphatic hydroxyl groups excluding tert-OH is 21. The summed E-state index contributed by atoms with van der Waals surface area (Å²) in [6.07, 6.45) is -51.3. The fourth-order valence-corrected chi connectivity index (χ4v) is 24.8. The third kappa shape index (κ3) is 21.3. The summed E-state index contributed by atoms with van der Waals surface area (Å²) in [5.74, 6) is -5.69. The Kier molecular flexibility index (Phi) is 35.5. The van der Waals surface area contributed by atoms with E-state index in [0.29, 0.717) is 57.8 Å². The van der Waals surface area contributed by atoms with Crippen LogP contribution in [0.1, 0.15) is 177 Å². The van der Waals surface area contributed by atoms with E-state index in [0.717, 1.165) is 57.0 Å². The molecule has 1 radical (unpaired) electrons. The Morgan fingerprint density at radius 3 is 1.70 bits per heavy atom. The molecular formula is C92H150NO44. The smallest absolute Gasteiger partial charge is 0.317 e. The van der Waals surface area contributed by atoms with Crippen molar-refractivity contribution in [3.8, 4) is 0 Å². The second-order valence-corrected chi connectivity index (χ2v) is 42.5. The molecule has 0 bridgehead atoms. The van der Waals surface area contributed by atoms with E-state index in [2.05, 4.69) is 46.0 Å². The molecule has 14 aliphatic rings. The van der Waals surface area contributed by atoms with Gasteiger partial charge in [0, 0.05) is 6.42 Å². The minimum atomic E-state index is -2.23. The number of carbonyl (C=O) groups is 3. The van der Waals surface area contributed by atoms with Crippen LogP contribution in [0.25, 0.3) is 0 Å². The van der Waals surface area contributed by atoms with Gasteiger partial charge in [0.1, 0.15) is 165 Å². The minimum Gasteiger partial charge on any atom is -0.432 e. The van der Waals surface area contributed by atoms with Crippen LogP contribution in [0.15, 0.2) is 11.6 Å². The summed E-state index contributed by atoms with van der Waals surface area (Å²) in [6.45, 7) is 10.7. The summed E-state index contributed by atoms with van der Waals surface area (Å²) in [4.78, 5) is 45.9. The van der Waals surface area contributed by atoms with Gasteiger partial charge in [-0.15, -0.1) is 0 Å². The van der Waals surface area contributed by atoms with Crippen molar-refractivity contribution in [2.24, 2.45) is 56.2 Å². The molecule has 5 aliphatic carbocycles. The van der Waals surface area contributed by atoms with Crippen LogP contribution < -0.4 is 5.32 Å². The van der Waals surface area contributed by atoms with E-state index in [1.807, 2.05) is 0 Å². The summed E-state index contributed by atoms with van der Waals surface area (Å²) in [7, 11) is 0. The number of allylic oxidation sites excluding steroid dienone is 2. The number of carbonyl (C=O) groups excluding carboxylic acids is 3.